The van der Waals surface area contributed by atoms with Crippen molar-refractivity contribution in [1.29, 1.82) is 0 Å². The van der Waals surface area contributed by atoms with Crippen LogP contribution in [0.15, 0.2) is 47.5 Å². The molecule has 154 valence electrons. The van der Waals surface area contributed by atoms with Gasteiger partial charge in [-0.1, -0.05) is 18.2 Å². The Morgan fingerprint density at radius 2 is 1.79 bits per heavy atom. The summed E-state index contributed by atoms with van der Waals surface area (Å²) < 4.78 is 23.8. The van der Waals surface area contributed by atoms with Crippen molar-refractivity contribution in [3.05, 3.63) is 59.4 Å². The van der Waals surface area contributed by atoms with Crippen molar-refractivity contribution in [2.45, 2.75) is 26.3 Å². The average molecular weight is 501 g/mol. The molecule has 0 amide bonds. The minimum absolute atomic E-state index is 0. The summed E-state index contributed by atoms with van der Waals surface area (Å²) in [7, 11) is 3.24. The van der Waals surface area contributed by atoms with Crippen molar-refractivity contribution in [3.63, 3.8) is 0 Å². The van der Waals surface area contributed by atoms with Crippen molar-refractivity contribution in [2.75, 3.05) is 27.3 Å². The van der Waals surface area contributed by atoms with Gasteiger partial charge in [-0.05, 0) is 55.2 Å². The highest BCUT2D eigenvalue weighted by Crippen LogP contribution is 2.27. The molecule has 2 aromatic rings. The third-order valence-electron chi connectivity index (χ3n) is 4.04. The van der Waals surface area contributed by atoms with Crippen LogP contribution in [-0.4, -0.2) is 33.3 Å². The van der Waals surface area contributed by atoms with Gasteiger partial charge in [-0.15, -0.1) is 24.0 Å². The first-order chi connectivity index (χ1) is 13.2. The fourth-order valence-corrected chi connectivity index (χ4v) is 2.68. The van der Waals surface area contributed by atoms with Crippen molar-refractivity contribution in [3.8, 4) is 11.5 Å². The Morgan fingerprint density at radius 1 is 1.00 bits per heavy atom. The smallest absolute Gasteiger partial charge is 0.191 e. The molecule has 0 bridgehead atoms. The Bertz CT molecular complexity index is 756. The Kier molecular flexibility index (Phi) is 11.3. The Labute approximate surface area is 183 Å². The highest BCUT2D eigenvalue weighted by Gasteiger charge is 2.05. The monoisotopic (exact) mass is 501 g/mol. The molecule has 0 aromatic heterocycles. The largest absolute Gasteiger partial charge is 0.493 e. The minimum atomic E-state index is -0.190. The first-order valence-electron chi connectivity index (χ1n) is 9.13. The number of aliphatic imine (C=N–C) groups is 1. The third kappa shape index (κ3) is 7.92. The number of hydrogen-bond acceptors (Lipinski definition) is 3. The molecule has 0 unspecified atom stereocenters. The van der Waals surface area contributed by atoms with E-state index in [-0.39, 0.29) is 29.8 Å². The van der Waals surface area contributed by atoms with E-state index >= 15 is 0 Å². The molecular weight excluding hydrogens is 472 g/mol. The van der Waals surface area contributed by atoms with Gasteiger partial charge in [-0.25, -0.2) is 9.38 Å². The van der Waals surface area contributed by atoms with E-state index in [1.54, 1.807) is 26.4 Å². The lowest BCUT2D eigenvalue weighted by molar-refractivity contribution is 0.354. The van der Waals surface area contributed by atoms with Gasteiger partial charge in [-0.2, -0.15) is 0 Å². The van der Waals surface area contributed by atoms with Gasteiger partial charge in [0.15, 0.2) is 17.5 Å². The summed E-state index contributed by atoms with van der Waals surface area (Å²) in [6.45, 7) is 4.09. The maximum absolute atomic E-state index is 13.2. The standard InChI is InChI=1S/C21H28FN3O2.HI/c1-4-23-21(24-12-6-8-16-7-5-9-18(22)13-16)25-15-17-10-11-19(26-2)20(14-17)27-3;/h5,7,9-11,13-14H,4,6,8,12,15H2,1-3H3,(H2,23,24,25);1H. The molecule has 7 heteroatoms. The highest BCUT2D eigenvalue weighted by atomic mass is 127. The van der Waals surface area contributed by atoms with Gasteiger partial charge in [0.2, 0.25) is 0 Å². The second kappa shape index (κ2) is 13.2. The number of nitrogens with zero attached hydrogens (tertiary/aromatic N) is 1. The molecular formula is C21H29FIN3O2. The number of hydrogen-bond donors (Lipinski definition) is 2. The Morgan fingerprint density at radius 3 is 2.46 bits per heavy atom. The normalized spacial score (nSPS) is 10.8. The van der Waals surface area contributed by atoms with Gasteiger partial charge in [-0.3, -0.25) is 0 Å². The molecule has 0 aliphatic heterocycles. The van der Waals surface area contributed by atoms with E-state index in [0.717, 1.165) is 43.0 Å². The average Bonchev–Trinajstić information content (AvgIpc) is 2.69. The number of nitrogens with one attached hydrogen (secondary N) is 2. The van der Waals surface area contributed by atoms with Crippen LogP contribution in [0, 0.1) is 5.82 Å². The number of aryl methyl sites for hydroxylation is 1. The lowest BCUT2D eigenvalue weighted by atomic mass is 10.1. The third-order valence-corrected chi connectivity index (χ3v) is 4.04. The molecule has 2 N–H and O–H groups in total. The van der Waals surface area contributed by atoms with Gasteiger partial charge in [0, 0.05) is 13.1 Å². The summed E-state index contributed by atoms with van der Waals surface area (Å²) in [5, 5.41) is 6.55. The van der Waals surface area contributed by atoms with Crippen LogP contribution in [0.1, 0.15) is 24.5 Å². The summed E-state index contributed by atoms with van der Waals surface area (Å²) >= 11 is 0. The highest BCUT2D eigenvalue weighted by molar-refractivity contribution is 14.0. The van der Waals surface area contributed by atoms with E-state index in [1.807, 2.05) is 31.2 Å². The van der Waals surface area contributed by atoms with Gasteiger partial charge in [0.1, 0.15) is 5.82 Å². The number of halogens is 2. The predicted molar refractivity (Wildman–Crippen MR) is 123 cm³/mol. The van der Waals surface area contributed by atoms with E-state index < -0.39 is 0 Å². The molecule has 2 aromatic carbocycles. The molecule has 0 atom stereocenters. The lowest BCUT2D eigenvalue weighted by Crippen LogP contribution is -2.37. The van der Waals surface area contributed by atoms with Crippen LogP contribution in [0.3, 0.4) is 0 Å². The van der Waals surface area contributed by atoms with Gasteiger partial charge in [0.25, 0.3) is 0 Å². The molecule has 28 heavy (non-hydrogen) atoms. The van der Waals surface area contributed by atoms with E-state index in [1.165, 1.54) is 6.07 Å². The Hall–Kier alpha value is -2.03. The van der Waals surface area contributed by atoms with Crippen LogP contribution >= 0.6 is 24.0 Å². The molecule has 0 aliphatic carbocycles. The molecule has 0 spiro atoms. The summed E-state index contributed by atoms with van der Waals surface area (Å²) in [5.41, 5.74) is 2.04. The van der Waals surface area contributed by atoms with Crippen LogP contribution in [0.2, 0.25) is 0 Å². The van der Waals surface area contributed by atoms with Crippen molar-refractivity contribution < 1.29 is 13.9 Å². The van der Waals surface area contributed by atoms with E-state index in [2.05, 4.69) is 15.6 Å². The van der Waals surface area contributed by atoms with Crippen molar-refractivity contribution in [1.82, 2.24) is 10.6 Å². The maximum atomic E-state index is 13.2. The zero-order valence-electron chi connectivity index (χ0n) is 16.6. The van der Waals surface area contributed by atoms with Crippen LogP contribution in [0.5, 0.6) is 11.5 Å². The fourth-order valence-electron chi connectivity index (χ4n) is 2.68. The Balaban J connectivity index is 0.00000392. The van der Waals surface area contributed by atoms with E-state index in [9.17, 15) is 4.39 Å². The lowest BCUT2D eigenvalue weighted by Gasteiger charge is -2.12. The van der Waals surface area contributed by atoms with Gasteiger partial charge < -0.3 is 20.1 Å². The molecule has 2 rings (SSSR count). The zero-order valence-corrected chi connectivity index (χ0v) is 19.0. The van der Waals surface area contributed by atoms with E-state index in [0.29, 0.717) is 18.0 Å². The van der Waals surface area contributed by atoms with Crippen LogP contribution < -0.4 is 20.1 Å². The predicted octanol–water partition coefficient (Wildman–Crippen LogP) is 4.15. The maximum Gasteiger partial charge on any atom is 0.191 e. The number of benzene rings is 2. The van der Waals surface area contributed by atoms with Crippen molar-refractivity contribution in [2.24, 2.45) is 4.99 Å². The van der Waals surface area contributed by atoms with Gasteiger partial charge in [0.05, 0.1) is 20.8 Å². The molecule has 0 aliphatic rings. The topological polar surface area (TPSA) is 54.9 Å². The molecule has 5 nitrogen and oxygen atoms in total. The summed E-state index contributed by atoms with van der Waals surface area (Å²) in [4.78, 5) is 4.61. The first kappa shape index (κ1) is 24.0. The summed E-state index contributed by atoms with van der Waals surface area (Å²) in [5.74, 6) is 1.96. The molecule has 0 heterocycles. The molecule has 0 saturated heterocycles. The minimum Gasteiger partial charge on any atom is -0.493 e. The number of methoxy groups -OCH3 is 2. The van der Waals surface area contributed by atoms with Crippen LogP contribution in [0.4, 0.5) is 4.39 Å². The number of guanidine groups is 1. The molecule has 0 fully saturated rings. The fraction of sp³-hybridized carbons (Fsp3) is 0.381. The summed E-state index contributed by atoms with van der Waals surface area (Å²) in [6.07, 6.45) is 1.71. The number of ether oxygens (including phenoxy) is 2. The second-order valence-electron chi connectivity index (χ2n) is 6.04. The van der Waals surface area contributed by atoms with Crippen LogP contribution in [-0.2, 0) is 13.0 Å². The first-order valence-corrected chi connectivity index (χ1v) is 9.13. The van der Waals surface area contributed by atoms with Crippen molar-refractivity contribution >= 4 is 29.9 Å². The molecule has 0 saturated carbocycles. The van der Waals surface area contributed by atoms with Gasteiger partial charge >= 0.3 is 0 Å². The quantitative estimate of drug-likeness (QED) is 0.235. The SMILES string of the molecule is CCNC(=NCc1ccc(OC)c(OC)c1)NCCCc1cccc(F)c1.I. The summed E-state index contributed by atoms with van der Waals surface area (Å²) in [6, 6.07) is 12.5. The second-order valence-corrected chi connectivity index (χ2v) is 6.04. The van der Waals surface area contributed by atoms with E-state index in [4.69, 9.17) is 9.47 Å². The zero-order chi connectivity index (χ0) is 19.5. The molecule has 0 radical (unpaired) electrons. The van der Waals surface area contributed by atoms with Crippen LogP contribution in [0.25, 0.3) is 0 Å². The number of rotatable bonds is 9.